The predicted octanol–water partition coefficient (Wildman–Crippen LogP) is 3.97. The third-order valence-electron chi connectivity index (χ3n) is 7.86. The third kappa shape index (κ3) is 4.86. The highest BCUT2D eigenvalue weighted by Gasteiger charge is 2.42. The Morgan fingerprint density at radius 1 is 1.09 bits per heavy atom. The summed E-state index contributed by atoms with van der Waals surface area (Å²) in [7, 11) is -2.08. The second-order valence-electron chi connectivity index (χ2n) is 10.5. The molecule has 2 aromatic rings. The Labute approximate surface area is 208 Å². The first-order valence-electron chi connectivity index (χ1n) is 12.2. The summed E-state index contributed by atoms with van der Waals surface area (Å²) in [5.74, 6) is 0.891. The largest absolute Gasteiger partial charge is 0.349 e. The predicted molar refractivity (Wildman–Crippen MR) is 137 cm³/mol. The molecule has 1 fully saturated rings. The van der Waals surface area contributed by atoms with Gasteiger partial charge in [0.2, 0.25) is 15.9 Å². The molecular formula is C27H35N3O4S. The second kappa shape index (κ2) is 9.39. The standard InChI is InChI=1S/C27H35N3O4S/c1-17-7-6-8-23(18(17)2)29-25(31)20-11-9-19(10-12-20)16-28-35(33,34)21-13-14-24-22(15-21)27(3,4)26(32)30(24)5/h9-15,17-18,23,28H,6-8,16H2,1-5H3,(H,29,31)/t17-,18-,23-/m1/s1. The first kappa shape index (κ1) is 25.4. The van der Waals surface area contributed by atoms with Crippen LogP contribution in [-0.4, -0.2) is 33.3 Å². The molecule has 7 nitrogen and oxygen atoms in total. The van der Waals surface area contributed by atoms with Crippen LogP contribution in [0.4, 0.5) is 5.69 Å². The van der Waals surface area contributed by atoms with Gasteiger partial charge >= 0.3 is 0 Å². The average Bonchev–Trinajstić information content (AvgIpc) is 3.00. The van der Waals surface area contributed by atoms with Crippen LogP contribution in [0.15, 0.2) is 47.4 Å². The lowest BCUT2D eigenvalue weighted by Gasteiger charge is -2.34. The van der Waals surface area contributed by atoms with Crippen LogP contribution >= 0.6 is 0 Å². The van der Waals surface area contributed by atoms with E-state index in [1.165, 1.54) is 12.5 Å². The van der Waals surface area contributed by atoms with Gasteiger partial charge < -0.3 is 10.2 Å². The van der Waals surface area contributed by atoms with Gasteiger partial charge in [-0.1, -0.05) is 38.8 Å². The Morgan fingerprint density at radius 3 is 2.46 bits per heavy atom. The zero-order chi connectivity index (χ0) is 25.5. The highest BCUT2D eigenvalue weighted by atomic mass is 32.2. The molecule has 0 aromatic heterocycles. The Hall–Kier alpha value is -2.71. The second-order valence-corrected chi connectivity index (χ2v) is 12.3. The minimum absolute atomic E-state index is 0.0633. The quantitative estimate of drug-likeness (QED) is 0.631. The number of hydrogen-bond donors (Lipinski definition) is 2. The van der Waals surface area contributed by atoms with Gasteiger partial charge in [-0.05, 0) is 73.6 Å². The van der Waals surface area contributed by atoms with E-state index >= 15 is 0 Å². The van der Waals surface area contributed by atoms with Crippen molar-refractivity contribution in [2.24, 2.45) is 11.8 Å². The number of sulfonamides is 1. The van der Waals surface area contributed by atoms with Gasteiger partial charge in [-0.15, -0.1) is 0 Å². The molecule has 0 unspecified atom stereocenters. The van der Waals surface area contributed by atoms with Crippen molar-refractivity contribution in [1.82, 2.24) is 10.0 Å². The fraction of sp³-hybridized carbons (Fsp3) is 0.481. The number of nitrogens with one attached hydrogen (secondary N) is 2. The maximum absolute atomic E-state index is 13.0. The molecule has 1 aliphatic carbocycles. The monoisotopic (exact) mass is 497 g/mol. The van der Waals surface area contributed by atoms with Crippen molar-refractivity contribution >= 4 is 27.5 Å². The molecule has 2 aliphatic rings. The number of rotatable bonds is 6. The zero-order valence-corrected chi connectivity index (χ0v) is 21.9. The molecule has 1 heterocycles. The van der Waals surface area contributed by atoms with Gasteiger partial charge in [-0.2, -0.15) is 0 Å². The molecule has 0 radical (unpaired) electrons. The van der Waals surface area contributed by atoms with E-state index < -0.39 is 15.4 Å². The molecule has 8 heteroatoms. The van der Waals surface area contributed by atoms with Gasteiger partial charge in [0.15, 0.2) is 0 Å². The molecule has 2 N–H and O–H groups in total. The average molecular weight is 498 g/mol. The molecule has 0 saturated heterocycles. The van der Waals surface area contributed by atoms with Crippen LogP contribution in [0.5, 0.6) is 0 Å². The lowest BCUT2D eigenvalue weighted by molar-refractivity contribution is -0.121. The highest BCUT2D eigenvalue weighted by molar-refractivity contribution is 7.89. The Bertz CT molecular complexity index is 1240. The van der Waals surface area contributed by atoms with Crippen molar-refractivity contribution in [3.05, 3.63) is 59.2 Å². The minimum atomic E-state index is -3.78. The fourth-order valence-corrected chi connectivity index (χ4v) is 6.24. The summed E-state index contributed by atoms with van der Waals surface area (Å²) in [6, 6.07) is 12.0. The van der Waals surface area contributed by atoms with Gasteiger partial charge in [-0.25, -0.2) is 13.1 Å². The molecule has 188 valence electrons. The Balaban J connectivity index is 1.41. The molecule has 2 aromatic carbocycles. The number of carbonyl (C=O) groups is 2. The SMILES string of the molecule is C[C@@H]1[C@H](C)CCC[C@H]1NC(=O)c1ccc(CNS(=O)(=O)c2ccc3c(c2)C(C)(C)C(=O)N3C)cc1. The Kier molecular flexibility index (Phi) is 6.81. The van der Waals surface area contributed by atoms with Crippen molar-refractivity contribution in [1.29, 1.82) is 0 Å². The van der Waals surface area contributed by atoms with Crippen LogP contribution in [0.3, 0.4) is 0 Å². The summed E-state index contributed by atoms with van der Waals surface area (Å²) < 4.78 is 28.5. The summed E-state index contributed by atoms with van der Waals surface area (Å²) in [6.07, 6.45) is 3.34. The van der Waals surface area contributed by atoms with Crippen LogP contribution in [0.25, 0.3) is 0 Å². The summed E-state index contributed by atoms with van der Waals surface area (Å²) in [4.78, 5) is 26.9. The van der Waals surface area contributed by atoms with Crippen molar-refractivity contribution in [3.8, 4) is 0 Å². The first-order chi connectivity index (χ1) is 16.4. The summed E-state index contributed by atoms with van der Waals surface area (Å²) in [5, 5.41) is 3.17. The molecule has 2 amide bonds. The van der Waals surface area contributed by atoms with E-state index in [-0.39, 0.29) is 29.3 Å². The number of fused-ring (bicyclic) bond motifs is 1. The third-order valence-corrected chi connectivity index (χ3v) is 9.26. The van der Waals surface area contributed by atoms with E-state index in [4.69, 9.17) is 0 Å². The number of amides is 2. The number of anilines is 1. The summed E-state index contributed by atoms with van der Waals surface area (Å²) in [5.41, 5.74) is 1.96. The van der Waals surface area contributed by atoms with Crippen molar-refractivity contribution in [2.75, 3.05) is 11.9 Å². The molecule has 3 atom stereocenters. The number of hydrogen-bond acceptors (Lipinski definition) is 4. The maximum atomic E-state index is 13.0. The smallest absolute Gasteiger partial charge is 0.251 e. The van der Waals surface area contributed by atoms with E-state index in [9.17, 15) is 18.0 Å². The van der Waals surface area contributed by atoms with Crippen LogP contribution in [0, 0.1) is 11.8 Å². The lowest BCUT2D eigenvalue weighted by atomic mass is 9.78. The van der Waals surface area contributed by atoms with E-state index in [1.807, 2.05) is 0 Å². The van der Waals surface area contributed by atoms with E-state index in [0.29, 0.717) is 23.0 Å². The minimum Gasteiger partial charge on any atom is -0.349 e. The van der Waals surface area contributed by atoms with E-state index in [2.05, 4.69) is 23.9 Å². The lowest BCUT2D eigenvalue weighted by Crippen LogP contribution is -2.43. The summed E-state index contributed by atoms with van der Waals surface area (Å²) >= 11 is 0. The van der Waals surface area contributed by atoms with E-state index in [0.717, 1.165) is 24.1 Å². The molecule has 35 heavy (non-hydrogen) atoms. The normalized spacial score (nSPS) is 23.7. The number of benzene rings is 2. The van der Waals surface area contributed by atoms with Crippen molar-refractivity contribution in [3.63, 3.8) is 0 Å². The number of carbonyl (C=O) groups excluding carboxylic acids is 2. The van der Waals surface area contributed by atoms with Crippen LogP contribution in [-0.2, 0) is 26.8 Å². The number of likely N-dealkylation sites (N-methyl/N-ethyl adjacent to an activating group) is 1. The van der Waals surface area contributed by atoms with E-state index in [1.54, 1.807) is 62.2 Å². The van der Waals surface area contributed by atoms with Gasteiger partial charge in [0.1, 0.15) is 0 Å². The molecule has 4 rings (SSSR count). The van der Waals surface area contributed by atoms with Crippen LogP contribution < -0.4 is 14.9 Å². The summed E-state index contributed by atoms with van der Waals surface area (Å²) in [6.45, 7) is 8.13. The van der Waals surface area contributed by atoms with Gasteiger partial charge in [0.25, 0.3) is 5.91 Å². The molecule has 1 aliphatic heterocycles. The molecular weight excluding hydrogens is 462 g/mol. The number of nitrogens with zero attached hydrogens (tertiary/aromatic N) is 1. The van der Waals surface area contributed by atoms with Crippen LogP contribution in [0.1, 0.15) is 68.4 Å². The fourth-order valence-electron chi connectivity index (χ4n) is 5.19. The molecule has 0 spiro atoms. The van der Waals surface area contributed by atoms with Gasteiger partial charge in [0.05, 0.1) is 10.3 Å². The topological polar surface area (TPSA) is 95.6 Å². The Morgan fingerprint density at radius 2 is 1.77 bits per heavy atom. The first-order valence-corrected chi connectivity index (χ1v) is 13.7. The maximum Gasteiger partial charge on any atom is 0.251 e. The molecule has 0 bridgehead atoms. The van der Waals surface area contributed by atoms with Crippen LogP contribution in [0.2, 0.25) is 0 Å². The molecule has 1 saturated carbocycles. The van der Waals surface area contributed by atoms with Crippen molar-refractivity contribution in [2.45, 2.75) is 69.9 Å². The zero-order valence-electron chi connectivity index (χ0n) is 21.1. The van der Waals surface area contributed by atoms with Crippen molar-refractivity contribution < 1.29 is 18.0 Å². The highest BCUT2D eigenvalue weighted by Crippen LogP contribution is 2.41. The van der Waals surface area contributed by atoms with Gasteiger partial charge in [0, 0.05) is 30.9 Å². The van der Waals surface area contributed by atoms with Gasteiger partial charge in [-0.3, -0.25) is 9.59 Å².